The highest BCUT2D eigenvalue weighted by Gasteiger charge is 2.17. The number of benzene rings is 2. The summed E-state index contributed by atoms with van der Waals surface area (Å²) in [5.41, 5.74) is 2.48. The Morgan fingerprint density at radius 2 is 1.95 bits per heavy atom. The van der Waals surface area contributed by atoms with E-state index in [4.69, 9.17) is 4.74 Å². The van der Waals surface area contributed by atoms with Crippen molar-refractivity contribution in [3.8, 4) is 5.75 Å². The normalized spacial score (nSPS) is 12.2. The van der Waals surface area contributed by atoms with Gasteiger partial charge < -0.3 is 10.1 Å². The van der Waals surface area contributed by atoms with Crippen LogP contribution < -0.4 is 10.1 Å². The first-order valence-electron chi connectivity index (χ1n) is 6.58. The van der Waals surface area contributed by atoms with Gasteiger partial charge in [-0.25, -0.2) is 0 Å². The standard InChI is InChI=1S/C16H16Br2INO/c1-3-20-16(12-9-11(17)5-6-14(12)19)10-4-7-15(21-2)13(18)8-10/h4-9,16,20H,3H2,1-2H3. The van der Waals surface area contributed by atoms with Crippen LogP contribution in [0.1, 0.15) is 24.1 Å². The Labute approximate surface area is 156 Å². The topological polar surface area (TPSA) is 21.3 Å². The van der Waals surface area contributed by atoms with Crippen LogP contribution in [0.25, 0.3) is 0 Å². The third-order valence-electron chi connectivity index (χ3n) is 3.19. The molecule has 0 saturated carbocycles. The van der Waals surface area contributed by atoms with Crippen LogP contribution in [-0.2, 0) is 0 Å². The minimum atomic E-state index is 0.154. The zero-order valence-corrected chi connectivity index (χ0v) is 17.1. The Hall–Kier alpha value is -0.110. The summed E-state index contributed by atoms with van der Waals surface area (Å²) < 4.78 is 8.62. The number of halogens is 3. The van der Waals surface area contributed by atoms with Gasteiger partial charge in [0.15, 0.2) is 0 Å². The Kier molecular flexibility index (Phi) is 6.52. The molecule has 0 aliphatic carbocycles. The van der Waals surface area contributed by atoms with Crippen molar-refractivity contribution in [2.75, 3.05) is 13.7 Å². The SMILES string of the molecule is CCNC(c1ccc(OC)c(Br)c1)c1cc(Br)ccc1I. The monoisotopic (exact) mass is 523 g/mol. The molecule has 2 rings (SSSR count). The first-order chi connectivity index (χ1) is 10.1. The van der Waals surface area contributed by atoms with Gasteiger partial charge in [0.2, 0.25) is 0 Å². The molecule has 0 aliphatic rings. The fourth-order valence-electron chi connectivity index (χ4n) is 2.21. The van der Waals surface area contributed by atoms with Crippen LogP contribution in [-0.4, -0.2) is 13.7 Å². The summed E-state index contributed by atoms with van der Waals surface area (Å²) in [7, 11) is 1.68. The van der Waals surface area contributed by atoms with Crippen LogP contribution in [0.5, 0.6) is 5.75 Å². The molecule has 1 N–H and O–H groups in total. The largest absolute Gasteiger partial charge is 0.496 e. The molecule has 0 radical (unpaired) electrons. The van der Waals surface area contributed by atoms with Gasteiger partial charge in [-0.2, -0.15) is 0 Å². The first-order valence-corrected chi connectivity index (χ1v) is 9.25. The van der Waals surface area contributed by atoms with Crippen LogP contribution in [0.4, 0.5) is 0 Å². The Balaban J connectivity index is 2.48. The lowest BCUT2D eigenvalue weighted by Gasteiger charge is -2.21. The van der Waals surface area contributed by atoms with Crippen molar-refractivity contribution in [1.82, 2.24) is 5.32 Å². The third-order valence-corrected chi connectivity index (χ3v) is 5.28. The van der Waals surface area contributed by atoms with Crippen LogP contribution in [0.2, 0.25) is 0 Å². The van der Waals surface area contributed by atoms with Gasteiger partial charge in [0, 0.05) is 8.04 Å². The van der Waals surface area contributed by atoms with Crippen molar-refractivity contribution in [3.05, 3.63) is 60.0 Å². The lowest BCUT2D eigenvalue weighted by molar-refractivity contribution is 0.412. The zero-order chi connectivity index (χ0) is 15.4. The van der Waals surface area contributed by atoms with E-state index in [1.807, 2.05) is 6.07 Å². The molecular weight excluding hydrogens is 509 g/mol. The van der Waals surface area contributed by atoms with E-state index in [-0.39, 0.29) is 6.04 Å². The summed E-state index contributed by atoms with van der Waals surface area (Å²) in [6, 6.07) is 12.7. The van der Waals surface area contributed by atoms with Gasteiger partial charge in [-0.05, 0) is 86.5 Å². The number of hydrogen-bond donors (Lipinski definition) is 1. The van der Waals surface area contributed by atoms with Crippen LogP contribution in [0, 0.1) is 3.57 Å². The summed E-state index contributed by atoms with van der Waals surface area (Å²) in [6.45, 7) is 3.02. The average Bonchev–Trinajstić information content (AvgIpc) is 2.47. The van der Waals surface area contributed by atoms with E-state index in [0.29, 0.717) is 0 Å². The van der Waals surface area contributed by atoms with Crippen LogP contribution in [0.15, 0.2) is 45.3 Å². The molecule has 2 aromatic carbocycles. The highest BCUT2D eigenvalue weighted by molar-refractivity contribution is 14.1. The van der Waals surface area contributed by atoms with E-state index < -0.39 is 0 Å². The summed E-state index contributed by atoms with van der Waals surface area (Å²) >= 11 is 9.52. The summed E-state index contributed by atoms with van der Waals surface area (Å²) in [4.78, 5) is 0. The molecular formula is C16H16Br2INO. The molecule has 0 aromatic heterocycles. The summed E-state index contributed by atoms with van der Waals surface area (Å²) in [6.07, 6.45) is 0. The highest BCUT2D eigenvalue weighted by atomic mass is 127. The van der Waals surface area contributed by atoms with Crippen molar-refractivity contribution < 1.29 is 4.74 Å². The molecule has 1 unspecified atom stereocenters. The molecule has 5 heteroatoms. The number of nitrogens with one attached hydrogen (secondary N) is 1. The van der Waals surface area contributed by atoms with Crippen LogP contribution >= 0.6 is 54.5 Å². The van der Waals surface area contributed by atoms with E-state index in [9.17, 15) is 0 Å². The minimum absolute atomic E-state index is 0.154. The van der Waals surface area contributed by atoms with E-state index in [2.05, 4.69) is 97.0 Å². The first kappa shape index (κ1) is 17.2. The van der Waals surface area contributed by atoms with Crippen molar-refractivity contribution in [1.29, 1.82) is 0 Å². The molecule has 2 nitrogen and oxygen atoms in total. The van der Waals surface area contributed by atoms with Gasteiger partial charge in [-0.15, -0.1) is 0 Å². The van der Waals surface area contributed by atoms with Crippen LogP contribution in [0.3, 0.4) is 0 Å². The van der Waals surface area contributed by atoms with Crippen molar-refractivity contribution in [2.45, 2.75) is 13.0 Å². The van der Waals surface area contributed by atoms with E-state index in [1.165, 1.54) is 14.7 Å². The second-order valence-electron chi connectivity index (χ2n) is 4.55. The smallest absolute Gasteiger partial charge is 0.133 e. The number of hydrogen-bond acceptors (Lipinski definition) is 2. The number of ether oxygens (including phenoxy) is 1. The Bertz CT molecular complexity index is 634. The number of rotatable bonds is 5. The van der Waals surface area contributed by atoms with Gasteiger partial charge in [-0.1, -0.05) is 28.9 Å². The van der Waals surface area contributed by atoms with E-state index in [0.717, 1.165) is 21.2 Å². The number of methoxy groups -OCH3 is 1. The lowest BCUT2D eigenvalue weighted by Crippen LogP contribution is -2.23. The molecule has 0 heterocycles. The summed E-state index contributed by atoms with van der Waals surface area (Å²) in [5, 5.41) is 3.56. The summed E-state index contributed by atoms with van der Waals surface area (Å²) in [5.74, 6) is 0.845. The third kappa shape index (κ3) is 4.21. The second-order valence-corrected chi connectivity index (χ2v) is 7.48. The van der Waals surface area contributed by atoms with Gasteiger partial charge in [0.05, 0.1) is 17.6 Å². The average molecular weight is 525 g/mol. The van der Waals surface area contributed by atoms with E-state index in [1.54, 1.807) is 7.11 Å². The maximum absolute atomic E-state index is 5.31. The molecule has 0 amide bonds. The van der Waals surface area contributed by atoms with Crippen molar-refractivity contribution >= 4 is 54.5 Å². The quantitative estimate of drug-likeness (QED) is 0.520. The van der Waals surface area contributed by atoms with Crippen molar-refractivity contribution in [3.63, 3.8) is 0 Å². The zero-order valence-electron chi connectivity index (χ0n) is 11.8. The van der Waals surface area contributed by atoms with Crippen molar-refractivity contribution in [2.24, 2.45) is 0 Å². The van der Waals surface area contributed by atoms with E-state index >= 15 is 0 Å². The minimum Gasteiger partial charge on any atom is -0.496 e. The van der Waals surface area contributed by atoms with Gasteiger partial charge in [0.25, 0.3) is 0 Å². The molecule has 0 saturated heterocycles. The molecule has 112 valence electrons. The fraction of sp³-hybridized carbons (Fsp3) is 0.250. The molecule has 21 heavy (non-hydrogen) atoms. The predicted octanol–water partition coefficient (Wildman–Crippen LogP) is 5.52. The second kappa shape index (κ2) is 7.94. The molecule has 0 fully saturated rings. The lowest BCUT2D eigenvalue weighted by atomic mass is 9.98. The van der Waals surface area contributed by atoms with Gasteiger partial charge in [-0.3, -0.25) is 0 Å². The molecule has 0 spiro atoms. The Morgan fingerprint density at radius 1 is 1.19 bits per heavy atom. The fourth-order valence-corrected chi connectivity index (χ4v) is 3.79. The molecule has 2 aromatic rings. The molecule has 0 bridgehead atoms. The van der Waals surface area contributed by atoms with Gasteiger partial charge >= 0.3 is 0 Å². The maximum Gasteiger partial charge on any atom is 0.133 e. The molecule has 0 aliphatic heterocycles. The van der Waals surface area contributed by atoms with Gasteiger partial charge in [0.1, 0.15) is 5.75 Å². The maximum atomic E-state index is 5.31. The molecule has 1 atom stereocenters. The Morgan fingerprint density at radius 3 is 2.57 bits per heavy atom. The predicted molar refractivity (Wildman–Crippen MR) is 103 cm³/mol. The highest BCUT2D eigenvalue weighted by Crippen LogP contribution is 2.33.